The van der Waals surface area contributed by atoms with Crippen molar-refractivity contribution in [3.63, 3.8) is 0 Å². The first-order chi connectivity index (χ1) is 18.7. The van der Waals surface area contributed by atoms with Crippen LogP contribution in [-0.2, 0) is 17.8 Å². The minimum absolute atomic E-state index is 0.196. The van der Waals surface area contributed by atoms with E-state index >= 15 is 0 Å². The molecule has 1 atom stereocenters. The third-order valence-electron chi connectivity index (χ3n) is 6.30. The normalized spacial score (nSPS) is 11.8. The highest BCUT2D eigenvalue weighted by atomic mass is 35.5. The Labute approximate surface area is 241 Å². The number of hydrogen-bond acceptors (Lipinski definition) is 4. The molecule has 202 valence electrons. The molecule has 3 aromatic carbocycles. The summed E-state index contributed by atoms with van der Waals surface area (Å²) in [6.07, 6.45) is 1.20. The van der Waals surface area contributed by atoms with E-state index in [0.29, 0.717) is 44.7 Å². The molecule has 0 aliphatic rings. The van der Waals surface area contributed by atoms with Gasteiger partial charge in [0.05, 0.1) is 32.9 Å². The summed E-state index contributed by atoms with van der Waals surface area (Å²) in [4.78, 5) is 30.6. The van der Waals surface area contributed by atoms with Gasteiger partial charge in [-0.3, -0.25) is 9.36 Å². The second kappa shape index (κ2) is 12.7. The molecule has 0 spiro atoms. The lowest BCUT2D eigenvalue weighted by molar-refractivity contribution is -0.145. The summed E-state index contributed by atoms with van der Waals surface area (Å²) in [7, 11) is 0. The highest BCUT2D eigenvalue weighted by molar-refractivity contribution is 6.39. The fraction of sp³-hybridized carbons (Fsp3) is 0.233. The molecule has 0 aliphatic heterocycles. The number of carboxylic acids is 1. The van der Waals surface area contributed by atoms with Crippen molar-refractivity contribution in [2.75, 3.05) is 0 Å². The van der Waals surface area contributed by atoms with Crippen LogP contribution in [0.3, 0.4) is 0 Å². The van der Waals surface area contributed by atoms with Gasteiger partial charge in [0.1, 0.15) is 11.6 Å². The third kappa shape index (κ3) is 6.47. The number of aliphatic carboxylic acids is 1. The number of unbranched alkanes of at least 4 members (excludes halogenated alkanes) is 1. The standard InChI is InChI=1S/C30H27Cl3N2O4/c1-3-4-13-25-34-18(2)26(27-21(31)11-8-12-22(27)32)29(36)35(25)17-19-14-15-24(23(33)16-19)39-28(30(37)38)20-9-6-5-7-10-20/h5-12,14-16,28H,3-4,13,17H2,1-2H3,(H,37,38). The number of aromatic nitrogens is 2. The van der Waals surface area contributed by atoms with Gasteiger partial charge in [0, 0.05) is 17.5 Å². The summed E-state index contributed by atoms with van der Waals surface area (Å²) in [5, 5.41) is 10.7. The molecular formula is C30H27Cl3N2O4. The largest absolute Gasteiger partial charge is 0.478 e. The van der Waals surface area contributed by atoms with Crippen LogP contribution in [0.2, 0.25) is 15.1 Å². The predicted molar refractivity (Wildman–Crippen MR) is 155 cm³/mol. The van der Waals surface area contributed by atoms with E-state index in [1.807, 2.05) is 0 Å². The topological polar surface area (TPSA) is 81.4 Å². The summed E-state index contributed by atoms with van der Waals surface area (Å²) >= 11 is 19.4. The van der Waals surface area contributed by atoms with Crippen LogP contribution in [0.1, 0.15) is 48.5 Å². The molecule has 1 heterocycles. The Morgan fingerprint density at radius 3 is 2.28 bits per heavy atom. The summed E-state index contributed by atoms with van der Waals surface area (Å²) in [5.74, 6) is -0.261. The van der Waals surface area contributed by atoms with Crippen molar-refractivity contribution in [2.45, 2.75) is 45.8 Å². The van der Waals surface area contributed by atoms with Gasteiger partial charge in [0.25, 0.3) is 5.56 Å². The van der Waals surface area contributed by atoms with Crippen LogP contribution in [0, 0.1) is 6.92 Å². The van der Waals surface area contributed by atoms with E-state index in [1.54, 1.807) is 78.2 Å². The zero-order valence-corrected chi connectivity index (χ0v) is 23.7. The summed E-state index contributed by atoms with van der Waals surface area (Å²) < 4.78 is 7.39. The van der Waals surface area contributed by atoms with Gasteiger partial charge in [-0.1, -0.05) is 90.6 Å². The average Bonchev–Trinajstić information content (AvgIpc) is 2.90. The van der Waals surface area contributed by atoms with Gasteiger partial charge in [-0.05, 0) is 43.2 Å². The zero-order chi connectivity index (χ0) is 28.1. The maximum atomic E-state index is 13.9. The first kappa shape index (κ1) is 28.7. The molecular weight excluding hydrogens is 559 g/mol. The molecule has 1 aromatic heterocycles. The van der Waals surface area contributed by atoms with Crippen molar-refractivity contribution < 1.29 is 14.6 Å². The first-order valence-electron chi connectivity index (χ1n) is 12.5. The Morgan fingerprint density at radius 2 is 1.67 bits per heavy atom. The lowest BCUT2D eigenvalue weighted by atomic mass is 10.0. The first-order valence-corrected chi connectivity index (χ1v) is 13.6. The Kier molecular flexibility index (Phi) is 9.33. The van der Waals surface area contributed by atoms with Gasteiger partial charge in [-0.15, -0.1) is 0 Å². The SMILES string of the molecule is CCCCc1nc(C)c(-c2c(Cl)cccc2Cl)c(=O)n1Cc1ccc(OC(C(=O)O)c2ccccc2)c(Cl)c1. The molecule has 0 saturated heterocycles. The van der Waals surface area contributed by atoms with Crippen LogP contribution < -0.4 is 10.3 Å². The minimum Gasteiger partial charge on any atom is -0.478 e. The lowest BCUT2D eigenvalue weighted by Crippen LogP contribution is -2.28. The van der Waals surface area contributed by atoms with Crippen molar-refractivity contribution in [3.05, 3.63) is 115 Å². The molecule has 1 N–H and O–H groups in total. The predicted octanol–water partition coefficient (Wildman–Crippen LogP) is 7.77. The summed E-state index contributed by atoms with van der Waals surface area (Å²) in [5.41, 5.74) is 2.32. The molecule has 1 unspecified atom stereocenters. The van der Waals surface area contributed by atoms with E-state index in [-0.39, 0.29) is 22.9 Å². The molecule has 4 rings (SSSR count). The highest BCUT2D eigenvalue weighted by Gasteiger charge is 2.24. The summed E-state index contributed by atoms with van der Waals surface area (Å²) in [6, 6.07) is 18.8. The molecule has 0 fully saturated rings. The van der Waals surface area contributed by atoms with Crippen LogP contribution in [-0.4, -0.2) is 20.6 Å². The smallest absolute Gasteiger partial charge is 0.349 e. The van der Waals surface area contributed by atoms with Gasteiger partial charge in [0.15, 0.2) is 0 Å². The highest BCUT2D eigenvalue weighted by Crippen LogP contribution is 2.35. The monoisotopic (exact) mass is 584 g/mol. The van der Waals surface area contributed by atoms with Gasteiger partial charge in [0.2, 0.25) is 6.10 Å². The Bertz CT molecular complexity index is 1530. The van der Waals surface area contributed by atoms with E-state index in [9.17, 15) is 14.7 Å². The number of rotatable bonds is 10. The van der Waals surface area contributed by atoms with Crippen LogP contribution in [0.25, 0.3) is 11.1 Å². The Balaban J connectivity index is 1.72. The van der Waals surface area contributed by atoms with Gasteiger partial charge in [-0.25, -0.2) is 9.78 Å². The molecule has 0 saturated carbocycles. The number of hydrogen-bond donors (Lipinski definition) is 1. The van der Waals surface area contributed by atoms with Crippen molar-refractivity contribution in [2.24, 2.45) is 0 Å². The number of ether oxygens (including phenoxy) is 1. The minimum atomic E-state index is -1.22. The van der Waals surface area contributed by atoms with Crippen molar-refractivity contribution in [1.82, 2.24) is 9.55 Å². The van der Waals surface area contributed by atoms with Gasteiger partial charge < -0.3 is 9.84 Å². The number of carbonyl (C=O) groups is 1. The van der Waals surface area contributed by atoms with Crippen molar-refractivity contribution in [1.29, 1.82) is 0 Å². The Morgan fingerprint density at radius 1 is 0.974 bits per heavy atom. The third-order valence-corrected chi connectivity index (χ3v) is 7.23. The second-order valence-electron chi connectivity index (χ2n) is 9.09. The molecule has 0 radical (unpaired) electrons. The quantitative estimate of drug-likeness (QED) is 0.206. The van der Waals surface area contributed by atoms with Crippen LogP contribution in [0.4, 0.5) is 0 Å². The van der Waals surface area contributed by atoms with Crippen LogP contribution in [0.5, 0.6) is 5.75 Å². The van der Waals surface area contributed by atoms with Crippen LogP contribution in [0.15, 0.2) is 71.5 Å². The molecule has 0 amide bonds. The molecule has 9 heteroatoms. The average molecular weight is 586 g/mol. The van der Waals surface area contributed by atoms with Crippen molar-refractivity contribution >= 4 is 40.8 Å². The van der Waals surface area contributed by atoms with E-state index in [2.05, 4.69) is 6.92 Å². The van der Waals surface area contributed by atoms with Gasteiger partial charge in [-0.2, -0.15) is 0 Å². The maximum Gasteiger partial charge on any atom is 0.349 e. The number of carboxylic acid groups (broad SMARTS) is 1. The van der Waals surface area contributed by atoms with E-state index in [4.69, 9.17) is 44.5 Å². The molecule has 0 bridgehead atoms. The maximum absolute atomic E-state index is 13.9. The molecule has 4 aromatic rings. The number of aryl methyl sites for hydroxylation is 2. The fourth-order valence-corrected chi connectivity index (χ4v) is 5.20. The van der Waals surface area contributed by atoms with E-state index < -0.39 is 12.1 Å². The molecule has 0 aliphatic carbocycles. The van der Waals surface area contributed by atoms with E-state index in [1.165, 1.54) is 0 Å². The summed E-state index contributed by atoms with van der Waals surface area (Å²) in [6.45, 7) is 4.05. The lowest BCUT2D eigenvalue weighted by Gasteiger charge is -2.19. The van der Waals surface area contributed by atoms with Crippen molar-refractivity contribution in [3.8, 4) is 16.9 Å². The number of benzene rings is 3. The second-order valence-corrected chi connectivity index (χ2v) is 10.3. The van der Waals surface area contributed by atoms with Crippen LogP contribution >= 0.6 is 34.8 Å². The Hall–Kier alpha value is -3.32. The zero-order valence-electron chi connectivity index (χ0n) is 21.5. The van der Waals surface area contributed by atoms with E-state index in [0.717, 1.165) is 18.4 Å². The fourth-order valence-electron chi connectivity index (χ4n) is 4.37. The molecule has 39 heavy (non-hydrogen) atoms. The molecule has 6 nitrogen and oxygen atoms in total. The number of halogens is 3. The number of nitrogens with zero attached hydrogens (tertiary/aromatic N) is 2. The van der Waals surface area contributed by atoms with Gasteiger partial charge >= 0.3 is 5.97 Å².